The minimum Gasteiger partial charge on any atom is -0.303 e. The lowest BCUT2D eigenvalue weighted by Gasteiger charge is -2.11. The highest BCUT2D eigenvalue weighted by Crippen LogP contribution is 2.27. The fourth-order valence-corrected chi connectivity index (χ4v) is 2.45. The first kappa shape index (κ1) is 13.2. The van der Waals surface area contributed by atoms with Crippen molar-refractivity contribution in [2.45, 2.75) is 20.3 Å². The number of pyridine rings is 1. The maximum atomic E-state index is 11.0. The molecule has 0 N–H and O–H groups in total. The van der Waals surface area contributed by atoms with E-state index in [1.165, 1.54) is 6.07 Å². The minimum atomic E-state index is -0.391. The zero-order valence-corrected chi connectivity index (χ0v) is 11.8. The van der Waals surface area contributed by atoms with E-state index in [2.05, 4.69) is 9.97 Å². The van der Waals surface area contributed by atoms with Crippen LogP contribution in [-0.4, -0.2) is 19.5 Å². The van der Waals surface area contributed by atoms with Crippen molar-refractivity contribution in [1.29, 1.82) is 0 Å². The second-order valence-electron chi connectivity index (χ2n) is 4.81. The maximum Gasteiger partial charge on any atom is 0.270 e. The zero-order valence-electron chi connectivity index (χ0n) is 11.8. The number of hydrogen-bond donors (Lipinski definition) is 0. The Bertz CT molecular complexity index is 839. The van der Waals surface area contributed by atoms with Gasteiger partial charge in [-0.05, 0) is 19.1 Å². The molecule has 0 fully saturated rings. The Morgan fingerprint density at radius 3 is 2.86 bits per heavy atom. The summed E-state index contributed by atoms with van der Waals surface area (Å²) in [6.07, 6.45) is 4.38. The number of fused-ring (bicyclic) bond motifs is 1. The SMILES string of the molecule is CCc1nccn1-c1cc(C)nc2ccc([N+](=O)[O-])cc12. The highest BCUT2D eigenvalue weighted by Gasteiger charge is 2.13. The van der Waals surface area contributed by atoms with Gasteiger partial charge in [-0.2, -0.15) is 0 Å². The molecule has 0 bridgehead atoms. The second-order valence-corrected chi connectivity index (χ2v) is 4.81. The van der Waals surface area contributed by atoms with Crippen LogP contribution in [0, 0.1) is 17.0 Å². The number of nitro benzene ring substituents is 1. The van der Waals surface area contributed by atoms with Gasteiger partial charge in [-0.15, -0.1) is 0 Å². The van der Waals surface area contributed by atoms with Gasteiger partial charge >= 0.3 is 0 Å². The molecule has 0 unspecified atom stereocenters. The Morgan fingerprint density at radius 2 is 2.14 bits per heavy atom. The van der Waals surface area contributed by atoms with E-state index < -0.39 is 4.92 Å². The van der Waals surface area contributed by atoms with Gasteiger partial charge in [-0.25, -0.2) is 4.98 Å². The molecule has 0 aliphatic carbocycles. The Balaban J connectivity index is 2.34. The molecule has 6 nitrogen and oxygen atoms in total. The Labute approximate surface area is 121 Å². The normalized spacial score (nSPS) is 11.0. The van der Waals surface area contributed by atoms with Crippen molar-refractivity contribution in [2.75, 3.05) is 0 Å². The van der Waals surface area contributed by atoms with Crippen LogP contribution in [-0.2, 0) is 6.42 Å². The first-order chi connectivity index (χ1) is 10.1. The molecule has 0 amide bonds. The number of aryl methyl sites for hydroxylation is 2. The smallest absolute Gasteiger partial charge is 0.270 e. The van der Waals surface area contributed by atoms with Gasteiger partial charge in [0.05, 0.1) is 16.1 Å². The number of non-ortho nitro benzene ring substituents is 1. The quantitative estimate of drug-likeness (QED) is 0.546. The summed E-state index contributed by atoms with van der Waals surface area (Å²) in [5.41, 5.74) is 2.54. The van der Waals surface area contributed by atoms with Crippen molar-refractivity contribution in [3.8, 4) is 5.69 Å². The Morgan fingerprint density at radius 1 is 1.33 bits per heavy atom. The maximum absolute atomic E-state index is 11.0. The van der Waals surface area contributed by atoms with E-state index in [4.69, 9.17) is 0 Å². The number of nitro groups is 1. The van der Waals surface area contributed by atoms with Crippen molar-refractivity contribution in [2.24, 2.45) is 0 Å². The zero-order chi connectivity index (χ0) is 15.0. The van der Waals surface area contributed by atoms with E-state index in [9.17, 15) is 10.1 Å². The number of hydrogen-bond acceptors (Lipinski definition) is 4. The molecule has 21 heavy (non-hydrogen) atoms. The minimum absolute atomic E-state index is 0.0626. The summed E-state index contributed by atoms with van der Waals surface area (Å²) in [7, 11) is 0. The van der Waals surface area contributed by atoms with Crippen molar-refractivity contribution in [1.82, 2.24) is 14.5 Å². The third-order valence-electron chi connectivity index (χ3n) is 3.40. The van der Waals surface area contributed by atoms with Crippen LogP contribution in [0.15, 0.2) is 36.7 Å². The lowest BCUT2D eigenvalue weighted by Crippen LogP contribution is -2.02. The summed E-state index contributed by atoms with van der Waals surface area (Å²) < 4.78 is 1.96. The number of benzene rings is 1. The highest BCUT2D eigenvalue weighted by molar-refractivity contribution is 5.89. The summed E-state index contributed by atoms with van der Waals surface area (Å²) in [5.74, 6) is 0.911. The molecule has 106 valence electrons. The summed E-state index contributed by atoms with van der Waals surface area (Å²) in [6, 6.07) is 6.66. The molecule has 0 spiro atoms. The van der Waals surface area contributed by atoms with Crippen LogP contribution >= 0.6 is 0 Å². The first-order valence-electron chi connectivity index (χ1n) is 6.68. The third-order valence-corrected chi connectivity index (χ3v) is 3.40. The van der Waals surface area contributed by atoms with Crippen molar-refractivity contribution < 1.29 is 4.92 Å². The molecule has 3 aromatic rings. The van der Waals surface area contributed by atoms with Gasteiger partial charge in [0.15, 0.2) is 0 Å². The summed E-state index contributed by atoms with van der Waals surface area (Å²) in [4.78, 5) is 19.4. The lowest BCUT2D eigenvalue weighted by atomic mass is 10.1. The molecule has 0 saturated carbocycles. The third kappa shape index (κ3) is 2.24. The monoisotopic (exact) mass is 282 g/mol. The highest BCUT2D eigenvalue weighted by atomic mass is 16.6. The molecule has 3 rings (SSSR count). The van der Waals surface area contributed by atoms with E-state index in [0.29, 0.717) is 0 Å². The predicted octanol–water partition coefficient (Wildman–Crippen LogP) is 3.20. The number of aromatic nitrogens is 3. The van der Waals surface area contributed by atoms with Gasteiger partial charge in [-0.3, -0.25) is 15.1 Å². The molecule has 0 atom stereocenters. The van der Waals surface area contributed by atoms with E-state index in [1.807, 2.05) is 30.7 Å². The average molecular weight is 282 g/mol. The van der Waals surface area contributed by atoms with Gasteiger partial charge in [0.2, 0.25) is 0 Å². The standard InChI is InChI=1S/C15H14N4O2/c1-3-15-16-6-7-18(15)14-8-10(2)17-13-5-4-11(19(20)21)9-12(13)14/h4-9H,3H2,1-2H3. The molecule has 1 aromatic carbocycles. The van der Waals surface area contributed by atoms with Crippen LogP contribution in [0.1, 0.15) is 18.4 Å². The Kier molecular flexibility index (Phi) is 3.13. The van der Waals surface area contributed by atoms with Gasteiger partial charge in [-0.1, -0.05) is 6.92 Å². The average Bonchev–Trinajstić information content (AvgIpc) is 2.94. The van der Waals surface area contributed by atoms with E-state index in [0.717, 1.165) is 34.5 Å². The van der Waals surface area contributed by atoms with Gasteiger partial charge in [0.25, 0.3) is 5.69 Å². The van der Waals surface area contributed by atoms with E-state index >= 15 is 0 Å². The fourth-order valence-electron chi connectivity index (χ4n) is 2.45. The summed E-state index contributed by atoms with van der Waals surface area (Å²) in [6.45, 7) is 3.93. The predicted molar refractivity (Wildman–Crippen MR) is 79.6 cm³/mol. The number of rotatable bonds is 3. The molecule has 0 aliphatic heterocycles. The molecule has 0 aliphatic rings. The largest absolute Gasteiger partial charge is 0.303 e. The van der Waals surface area contributed by atoms with E-state index in [1.54, 1.807) is 18.3 Å². The van der Waals surface area contributed by atoms with Crippen LogP contribution in [0.3, 0.4) is 0 Å². The summed E-state index contributed by atoms with van der Waals surface area (Å²) in [5, 5.41) is 11.8. The number of imidazole rings is 1. The van der Waals surface area contributed by atoms with Crippen LogP contribution in [0.4, 0.5) is 5.69 Å². The molecule has 0 radical (unpaired) electrons. The second kappa shape index (κ2) is 4.97. The van der Waals surface area contributed by atoms with Crippen LogP contribution in [0.5, 0.6) is 0 Å². The first-order valence-corrected chi connectivity index (χ1v) is 6.68. The van der Waals surface area contributed by atoms with Crippen molar-refractivity contribution >= 4 is 16.6 Å². The molecule has 6 heteroatoms. The topological polar surface area (TPSA) is 73.8 Å². The van der Waals surface area contributed by atoms with Crippen LogP contribution < -0.4 is 0 Å². The Hall–Kier alpha value is -2.76. The van der Waals surface area contributed by atoms with Gasteiger partial charge in [0.1, 0.15) is 5.82 Å². The van der Waals surface area contributed by atoms with Gasteiger partial charge < -0.3 is 4.57 Å². The molecular weight excluding hydrogens is 268 g/mol. The molecule has 2 aromatic heterocycles. The van der Waals surface area contributed by atoms with E-state index in [-0.39, 0.29) is 5.69 Å². The fraction of sp³-hybridized carbons (Fsp3) is 0.200. The number of nitrogens with zero attached hydrogens (tertiary/aromatic N) is 4. The van der Waals surface area contributed by atoms with Crippen molar-refractivity contribution in [3.63, 3.8) is 0 Å². The van der Waals surface area contributed by atoms with Crippen molar-refractivity contribution in [3.05, 3.63) is 58.3 Å². The lowest BCUT2D eigenvalue weighted by molar-refractivity contribution is -0.384. The molecule has 2 heterocycles. The van der Waals surface area contributed by atoms with Gasteiger partial charge in [0, 0.05) is 42.0 Å². The van der Waals surface area contributed by atoms with Crippen LogP contribution in [0.2, 0.25) is 0 Å². The van der Waals surface area contributed by atoms with Crippen LogP contribution in [0.25, 0.3) is 16.6 Å². The molecular formula is C15H14N4O2. The molecule has 0 saturated heterocycles. The summed E-state index contributed by atoms with van der Waals surface area (Å²) >= 11 is 0.